The lowest BCUT2D eigenvalue weighted by Gasteiger charge is -2.41. The zero-order valence-electron chi connectivity index (χ0n) is 10.6. The van der Waals surface area contributed by atoms with Crippen molar-refractivity contribution in [3.63, 3.8) is 0 Å². The lowest BCUT2D eigenvalue weighted by molar-refractivity contribution is -0.143. The zero-order valence-corrected chi connectivity index (χ0v) is 10.6. The molecule has 0 saturated carbocycles. The van der Waals surface area contributed by atoms with Gasteiger partial charge in [-0.15, -0.1) is 0 Å². The molecule has 0 aromatic carbocycles. The van der Waals surface area contributed by atoms with Gasteiger partial charge in [-0.1, -0.05) is 0 Å². The van der Waals surface area contributed by atoms with Crippen LogP contribution in [-0.4, -0.2) is 54.7 Å². The fraction of sp³-hybridized carbons (Fsp3) is 0.846. The van der Waals surface area contributed by atoms with Crippen molar-refractivity contribution >= 4 is 12.2 Å². The molecule has 1 atom stereocenters. The Labute approximate surface area is 103 Å². The second-order valence-electron chi connectivity index (χ2n) is 5.31. The first-order valence-electron chi connectivity index (χ1n) is 6.65. The largest absolute Gasteiger partial charge is 0.339 e. The maximum absolute atomic E-state index is 12.2. The summed E-state index contributed by atoms with van der Waals surface area (Å²) in [7, 11) is 2.13. The fourth-order valence-electron chi connectivity index (χ4n) is 2.98. The molecule has 4 nitrogen and oxygen atoms in total. The van der Waals surface area contributed by atoms with Crippen LogP contribution in [0.3, 0.4) is 0 Å². The molecule has 0 radical (unpaired) electrons. The van der Waals surface area contributed by atoms with Gasteiger partial charge in [-0.2, -0.15) is 0 Å². The van der Waals surface area contributed by atoms with E-state index in [1.54, 1.807) is 0 Å². The SMILES string of the molecule is CN1CCC(N2CCCC(CC=O)C2=O)CC1. The Morgan fingerprint density at radius 2 is 1.94 bits per heavy atom. The Morgan fingerprint density at radius 3 is 2.59 bits per heavy atom. The van der Waals surface area contributed by atoms with Crippen LogP contribution >= 0.6 is 0 Å². The van der Waals surface area contributed by atoms with Gasteiger partial charge in [0.1, 0.15) is 6.29 Å². The Bertz CT molecular complexity index is 285. The van der Waals surface area contributed by atoms with Gasteiger partial charge >= 0.3 is 0 Å². The number of amides is 1. The first kappa shape index (κ1) is 12.6. The van der Waals surface area contributed by atoms with Crippen LogP contribution in [0.5, 0.6) is 0 Å². The van der Waals surface area contributed by atoms with E-state index in [2.05, 4.69) is 11.9 Å². The van der Waals surface area contributed by atoms with Crippen LogP contribution in [0.4, 0.5) is 0 Å². The molecule has 0 aromatic heterocycles. The molecule has 2 saturated heterocycles. The van der Waals surface area contributed by atoms with Gasteiger partial charge in [-0.3, -0.25) is 4.79 Å². The standard InChI is InChI=1S/C13H22N2O2/c1-14-8-4-12(5-9-14)15-7-2-3-11(6-10-16)13(15)17/h10-12H,2-9H2,1H3. The van der Waals surface area contributed by atoms with E-state index in [-0.39, 0.29) is 11.8 Å². The van der Waals surface area contributed by atoms with E-state index in [1.165, 1.54) is 0 Å². The molecule has 2 rings (SSSR count). The minimum Gasteiger partial charge on any atom is -0.339 e. The van der Waals surface area contributed by atoms with Crippen molar-refractivity contribution in [3.05, 3.63) is 0 Å². The smallest absolute Gasteiger partial charge is 0.226 e. The number of carbonyl (C=O) groups excluding carboxylic acids is 2. The highest BCUT2D eigenvalue weighted by Crippen LogP contribution is 2.25. The highest BCUT2D eigenvalue weighted by Gasteiger charge is 2.33. The average Bonchev–Trinajstić information content (AvgIpc) is 2.34. The summed E-state index contributed by atoms with van der Waals surface area (Å²) in [6, 6.07) is 0.410. The molecule has 0 N–H and O–H groups in total. The fourth-order valence-corrected chi connectivity index (χ4v) is 2.98. The predicted octanol–water partition coefficient (Wildman–Crippen LogP) is 0.908. The van der Waals surface area contributed by atoms with E-state index in [0.29, 0.717) is 12.5 Å². The number of carbonyl (C=O) groups is 2. The third-order valence-electron chi connectivity index (χ3n) is 4.09. The van der Waals surface area contributed by atoms with Gasteiger partial charge in [0.15, 0.2) is 0 Å². The van der Waals surface area contributed by atoms with Crippen molar-refractivity contribution in [1.82, 2.24) is 9.80 Å². The molecule has 0 spiro atoms. The number of nitrogens with zero attached hydrogens (tertiary/aromatic N) is 2. The maximum Gasteiger partial charge on any atom is 0.226 e. The zero-order chi connectivity index (χ0) is 12.3. The summed E-state index contributed by atoms with van der Waals surface area (Å²) in [5.74, 6) is 0.179. The summed E-state index contributed by atoms with van der Waals surface area (Å²) in [6.07, 6.45) is 5.39. The van der Waals surface area contributed by atoms with Gasteiger partial charge in [0.05, 0.1) is 0 Å². The molecule has 17 heavy (non-hydrogen) atoms. The lowest BCUT2D eigenvalue weighted by atomic mass is 9.91. The minimum atomic E-state index is -0.0408. The summed E-state index contributed by atoms with van der Waals surface area (Å²) in [5.41, 5.74) is 0. The quantitative estimate of drug-likeness (QED) is 0.686. The Balaban J connectivity index is 1.95. The molecule has 1 unspecified atom stereocenters. The molecule has 96 valence electrons. The van der Waals surface area contributed by atoms with Gasteiger partial charge < -0.3 is 14.6 Å². The number of piperidine rings is 2. The minimum absolute atomic E-state index is 0.0408. The van der Waals surface area contributed by atoms with Crippen molar-refractivity contribution in [2.24, 2.45) is 5.92 Å². The van der Waals surface area contributed by atoms with Crippen LogP contribution in [-0.2, 0) is 9.59 Å². The second-order valence-corrected chi connectivity index (χ2v) is 5.31. The van der Waals surface area contributed by atoms with Crippen LogP contribution in [0.1, 0.15) is 32.1 Å². The number of likely N-dealkylation sites (tertiary alicyclic amines) is 2. The molecule has 2 aliphatic rings. The molecule has 2 heterocycles. The van der Waals surface area contributed by atoms with Crippen molar-refractivity contribution in [2.45, 2.75) is 38.1 Å². The highest BCUT2D eigenvalue weighted by atomic mass is 16.2. The first-order chi connectivity index (χ1) is 8.22. The second kappa shape index (κ2) is 5.63. The van der Waals surface area contributed by atoms with Crippen LogP contribution < -0.4 is 0 Å². The normalized spacial score (nSPS) is 28.4. The third kappa shape index (κ3) is 2.86. The van der Waals surface area contributed by atoms with Crippen LogP contribution in [0.15, 0.2) is 0 Å². The van der Waals surface area contributed by atoms with Gasteiger partial charge in [-0.25, -0.2) is 0 Å². The molecule has 1 amide bonds. The molecular formula is C13H22N2O2. The Hall–Kier alpha value is -0.900. The van der Waals surface area contributed by atoms with Crippen molar-refractivity contribution in [3.8, 4) is 0 Å². The molecule has 0 aromatic rings. The summed E-state index contributed by atoms with van der Waals surface area (Å²) in [5, 5.41) is 0. The van der Waals surface area contributed by atoms with E-state index in [1.807, 2.05) is 4.90 Å². The highest BCUT2D eigenvalue weighted by molar-refractivity contribution is 5.82. The van der Waals surface area contributed by atoms with E-state index < -0.39 is 0 Å². The van der Waals surface area contributed by atoms with Gasteiger partial charge in [-0.05, 0) is 45.8 Å². The van der Waals surface area contributed by atoms with Crippen LogP contribution in [0.2, 0.25) is 0 Å². The maximum atomic E-state index is 12.2. The number of hydrogen-bond acceptors (Lipinski definition) is 3. The van der Waals surface area contributed by atoms with Crippen molar-refractivity contribution in [1.29, 1.82) is 0 Å². The van der Waals surface area contributed by atoms with Gasteiger partial charge in [0.2, 0.25) is 5.91 Å². The summed E-state index contributed by atoms with van der Waals surface area (Å²) < 4.78 is 0. The summed E-state index contributed by atoms with van der Waals surface area (Å²) in [4.78, 5) is 27.2. The molecular weight excluding hydrogens is 216 g/mol. The Morgan fingerprint density at radius 1 is 1.24 bits per heavy atom. The topological polar surface area (TPSA) is 40.6 Å². The van der Waals surface area contributed by atoms with Crippen molar-refractivity contribution < 1.29 is 9.59 Å². The van der Waals surface area contributed by atoms with E-state index in [4.69, 9.17) is 0 Å². The van der Waals surface area contributed by atoms with E-state index in [0.717, 1.165) is 51.6 Å². The van der Waals surface area contributed by atoms with Gasteiger partial charge in [0, 0.05) is 24.9 Å². The first-order valence-corrected chi connectivity index (χ1v) is 6.65. The Kier molecular flexibility index (Phi) is 4.15. The summed E-state index contributed by atoms with van der Waals surface area (Å²) >= 11 is 0. The summed E-state index contributed by atoms with van der Waals surface area (Å²) in [6.45, 7) is 3.04. The molecule has 2 fully saturated rings. The van der Waals surface area contributed by atoms with E-state index >= 15 is 0 Å². The molecule has 4 heteroatoms. The number of aldehydes is 1. The van der Waals surface area contributed by atoms with Crippen molar-refractivity contribution in [2.75, 3.05) is 26.7 Å². The molecule has 2 aliphatic heterocycles. The van der Waals surface area contributed by atoms with Crippen LogP contribution in [0.25, 0.3) is 0 Å². The van der Waals surface area contributed by atoms with E-state index in [9.17, 15) is 9.59 Å². The number of hydrogen-bond donors (Lipinski definition) is 0. The van der Waals surface area contributed by atoms with Gasteiger partial charge in [0.25, 0.3) is 0 Å². The number of rotatable bonds is 3. The molecule has 0 bridgehead atoms. The third-order valence-corrected chi connectivity index (χ3v) is 4.09. The predicted molar refractivity (Wildman–Crippen MR) is 65.6 cm³/mol. The monoisotopic (exact) mass is 238 g/mol. The lowest BCUT2D eigenvalue weighted by Crippen LogP contribution is -2.51. The van der Waals surface area contributed by atoms with Crippen LogP contribution in [0, 0.1) is 5.92 Å². The average molecular weight is 238 g/mol. The molecule has 0 aliphatic carbocycles.